The topological polar surface area (TPSA) is 110 Å². The van der Waals surface area contributed by atoms with Crippen molar-refractivity contribution in [2.75, 3.05) is 45.7 Å². The Balaban J connectivity index is 1.89. The highest BCUT2D eigenvalue weighted by molar-refractivity contribution is 7.92. The quantitative estimate of drug-likeness (QED) is 0.411. The van der Waals surface area contributed by atoms with Crippen LogP contribution in [0.2, 0.25) is 0 Å². The van der Waals surface area contributed by atoms with Crippen LogP contribution in [-0.4, -0.2) is 74.8 Å². The molecule has 31 heavy (non-hydrogen) atoms. The maximum absolute atomic E-state index is 12.0. The third-order valence-corrected chi connectivity index (χ3v) is 7.69. The predicted molar refractivity (Wildman–Crippen MR) is 122 cm³/mol. The normalized spacial score (nSPS) is 16.7. The number of amides is 1. The molecule has 1 aliphatic heterocycles. The van der Waals surface area contributed by atoms with Gasteiger partial charge in [0.25, 0.3) is 0 Å². The van der Waals surface area contributed by atoms with E-state index in [-0.39, 0.29) is 13.0 Å². The van der Waals surface area contributed by atoms with Gasteiger partial charge in [0, 0.05) is 38.1 Å². The van der Waals surface area contributed by atoms with Crippen LogP contribution in [-0.2, 0) is 19.4 Å². The van der Waals surface area contributed by atoms with E-state index < -0.39 is 20.5 Å². The highest BCUT2D eigenvalue weighted by atomic mass is 32.2. The maximum atomic E-state index is 12.0. The van der Waals surface area contributed by atoms with Crippen molar-refractivity contribution in [1.29, 1.82) is 0 Å². The standard InChI is InChI=1S/C23H32N2O5S/c1-23(22(24)27,31(2,28)29)12-15-25-13-10-21(11-14-25)20-8-6-19(7-9-20)5-3-17-30-18-4-16-26/h6-10,26H,4,11-18H2,1-2H3,(H2,24,27). The second-order valence-electron chi connectivity index (χ2n) is 7.91. The Bertz CT molecular complexity index is 944. The van der Waals surface area contributed by atoms with E-state index in [1.54, 1.807) is 0 Å². The Kier molecular flexibility index (Phi) is 9.26. The Labute approximate surface area is 185 Å². The molecule has 0 saturated carbocycles. The number of aliphatic hydroxyl groups is 1. The largest absolute Gasteiger partial charge is 0.396 e. The second-order valence-corrected chi connectivity index (χ2v) is 10.4. The van der Waals surface area contributed by atoms with Crippen molar-refractivity contribution < 1.29 is 23.1 Å². The van der Waals surface area contributed by atoms with Gasteiger partial charge in [0.1, 0.15) is 11.4 Å². The molecule has 0 bridgehead atoms. The molecule has 1 heterocycles. The van der Waals surface area contributed by atoms with E-state index in [2.05, 4.69) is 22.8 Å². The van der Waals surface area contributed by atoms with Crippen LogP contribution in [0.1, 0.15) is 37.3 Å². The van der Waals surface area contributed by atoms with E-state index in [0.29, 0.717) is 32.7 Å². The van der Waals surface area contributed by atoms with Gasteiger partial charge >= 0.3 is 0 Å². The summed E-state index contributed by atoms with van der Waals surface area (Å²) in [7, 11) is -3.58. The van der Waals surface area contributed by atoms with E-state index in [1.807, 2.05) is 24.3 Å². The van der Waals surface area contributed by atoms with Gasteiger partial charge in [-0.05, 0) is 49.5 Å². The first-order valence-corrected chi connectivity index (χ1v) is 12.3. The Morgan fingerprint density at radius 3 is 2.58 bits per heavy atom. The first kappa shape index (κ1) is 25.1. The van der Waals surface area contributed by atoms with Crippen LogP contribution in [0, 0.1) is 11.8 Å². The number of nitrogens with zero attached hydrogens (tertiary/aromatic N) is 1. The molecule has 0 aromatic heterocycles. The lowest BCUT2D eigenvalue weighted by Gasteiger charge is -2.30. The number of carbonyl (C=O) groups is 1. The van der Waals surface area contributed by atoms with Crippen molar-refractivity contribution >= 4 is 21.3 Å². The third-order valence-electron chi connectivity index (χ3n) is 5.65. The summed E-state index contributed by atoms with van der Waals surface area (Å²) in [6, 6.07) is 8.05. The van der Waals surface area contributed by atoms with E-state index in [1.165, 1.54) is 12.5 Å². The van der Waals surface area contributed by atoms with Gasteiger partial charge in [-0.2, -0.15) is 0 Å². The fourth-order valence-electron chi connectivity index (χ4n) is 3.23. The molecule has 0 spiro atoms. The molecule has 1 aromatic rings. The lowest BCUT2D eigenvalue weighted by atomic mass is 9.98. The summed E-state index contributed by atoms with van der Waals surface area (Å²) in [6.07, 6.45) is 4.84. The minimum absolute atomic E-state index is 0.121. The van der Waals surface area contributed by atoms with Gasteiger partial charge < -0.3 is 15.6 Å². The minimum atomic E-state index is -3.58. The SMILES string of the molecule is CC(CCN1CC=C(c2ccc(C#CCOCCCO)cc2)CC1)(C(N)=O)S(C)(=O)=O. The van der Waals surface area contributed by atoms with Crippen molar-refractivity contribution in [3.05, 3.63) is 41.5 Å². The van der Waals surface area contributed by atoms with Crippen molar-refractivity contribution in [2.24, 2.45) is 5.73 Å². The van der Waals surface area contributed by atoms with Gasteiger partial charge in [0.15, 0.2) is 9.84 Å². The summed E-state index contributed by atoms with van der Waals surface area (Å²) in [5.74, 6) is 5.22. The minimum Gasteiger partial charge on any atom is -0.396 e. The number of rotatable bonds is 10. The molecule has 0 saturated heterocycles. The summed E-state index contributed by atoms with van der Waals surface area (Å²) in [5.41, 5.74) is 8.66. The molecule has 7 nitrogen and oxygen atoms in total. The van der Waals surface area contributed by atoms with Crippen LogP contribution in [0.3, 0.4) is 0 Å². The number of primary amides is 1. The van der Waals surface area contributed by atoms with Gasteiger partial charge in [-0.25, -0.2) is 8.42 Å². The molecular formula is C23H32N2O5S. The smallest absolute Gasteiger partial charge is 0.238 e. The number of nitrogens with two attached hydrogens (primary N) is 1. The molecule has 0 fully saturated rings. The van der Waals surface area contributed by atoms with Crippen LogP contribution >= 0.6 is 0 Å². The number of ether oxygens (including phenoxy) is 1. The van der Waals surface area contributed by atoms with Crippen LogP contribution in [0.15, 0.2) is 30.3 Å². The molecule has 1 atom stereocenters. The molecule has 0 aliphatic carbocycles. The van der Waals surface area contributed by atoms with E-state index >= 15 is 0 Å². The summed E-state index contributed by atoms with van der Waals surface area (Å²) in [4.78, 5) is 13.8. The zero-order valence-electron chi connectivity index (χ0n) is 18.3. The van der Waals surface area contributed by atoms with Gasteiger partial charge in [-0.15, -0.1) is 0 Å². The number of hydrogen-bond acceptors (Lipinski definition) is 6. The number of sulfone groups is 1. The average Bonchev–Trinajstić information content (AvgIpc) is 2.74. The lowest BCUT2D eigenvalue weighted by molar-refractivity contribution is -0.120. The van der Waals surface area contributed by atoms with Crippen LogP contribution < -0.4 is 5.73 Å². The second kappa shape index (κ2) is 11.4. The van der Waals surface area contributed by atoms with E-state index in [9.17, 15) is 13.2 Å². The zero-order chi connectivity index (χ0) is 22.9. The highest BCUT2D eigenvalue weighted by Crippen LogP contribution is 2.25. The Hall–Kier alpha value is -2.18. The number of aliphatic hydroxyl groups excluding tert-OH is 1. The van der Waals surface area contributed by atoms with Crippen LogP contribution in [0.25, 0.3) is 5.57 Å². The van der Waals surface area contributed by atoms with Gasteiger partial charge in [-0.3, -0.25) is 9.69 Å². The van der Waals surface area contributed by atoms with Crippen molar-refractivity contribution in [3.8, 4) is 11.8 Å². The fourth-order valence-corrected chi connectivity index (χ4v) is 4.06. The Morgan fingerprint density at radius 1 is 1.32 bits per heavy atom. The third kappa shape index (κ3) is 7.18. The molecule has 1 aromatic carbocycles. The Morgan fingerprint density at radius 2 is 2.03 bits per heavy atom. The zero-order valence-corrected chi connectivity index (χ0v) is 19.1. The lowest BCUT2D eigenvalue weighted by Crippen LogP contribution is -2.49. The fraction of sp³-hybridized carbons (Fsp3) is 0.522. The molecule has 3 N–H and O–H groups in total. The first-order chi connectivity index (χ1) is 14.7. The monoisotopic (exact) mass is 448 g/mol. The van der Waals surface area contributed by atoms with Gasteiger partial charge in [0.05, 0.1) is 6.61 Å². The predicted octanol–water partition coefficient (Wildman–Crippen LogP) is 1.20. The molecule has 170 valence electrons. The number of hydrogen-bond donors (Lipinski definition) is 2. The van der Waals surface area contributed by atoms with Crippen LogP contribution in [0.4, 0.5) is 0 Å². The maximum Gasteiger partial charge on any atom is 0.238 e. The molecule has 1 amide bonds. The van der Waals surface area contributed by atoms with E-state index in [4.69, 9.17) is 15.6 Å². The molecule has 8 heteroatoms. The molecule has 2 rings (SSSR count). The molecule has 1 aliphatic rings. The van der Waals surface area contributed by atoms with Gasteiger partial charge in [0.2, 0.25) is 5.91 Å². The van der Waals surface area contributed by atoms with Crippen molar-refractivity contribution in [3.63, 3.8) is 0 Å². The summed E-state index contributed by atoms with van der Waals surface area (Å²) in [5, 5.41) is 8.69. The van der Waals surface area contributed by atoms with E-state index in [0.717, 1.165) is 30.3 Å². The summed E-state index contributed by atoms with van der Waals surface area (Å²) >= 11 is 0. The van der Waals surface area contributed by atoms with Gasteiger partial charge in [-0.1, -0.05) is 30.0 Å². The van der Waals surface area contributed by atoms with Crippen molar-refractivity contribution in [2.45, 2.75) is 30.9 Å². The highest BCUT2D eigenvalue weighted by Gasteiger charge is 2.41. The average molecular weight is 449 g/mol. The summed E-state index contributed by atoms with van der Waals surface area (Å²) < 4.78 is 27.7. The number of benzene rings is 1. The van der Waals surface area contributed by atoms with Crippen LogP contribution in [0.5, 0.6) is 0 Å². The molecule has 0 radical (unpaired) electrons. The molecule has 1 unspecified atom stereocenters. The first-order valence-electron chi connectivity index (χ1n) is 10.4. The van der Waals surface area contributed by atoms with Crippen molar-refractivity contribution in [1.82, 2.24) is 4.90 Å². The number of carbonyl (C=O) groups excluding carboxylic acids is 1. The molecular weight excluding hydrogens is 416 g/mol. The summed E-state index contributed by atoms with van der Waals surface area (Å²) in [6.45, 7) is 4.35.